The van der Waals surface area contributed by atoms with Crippen molar-refractivity contribution >= 4 is 75.4 Å². The van der Waals surface area contributed by atoms with Crippen LogP contribution < -0.4 is 16.2 Å². The number of nitrogens with zero attached hydrogens (tertiary/aromatic N) is 1. The van der Waals surface area contributed by atoms with E-state index in [1.807, 2.05) is 53.7 Å². The maximum absolute atomic E-state index is 12.8. The predicted molar refractivity (Wildman–Crippen MR) is 163 cm³/mol. The molecule has 0 bridgehead atoms. The Bertz CT molecular complexity index is 1390. The molecule has 0 saturated heterocycles. The number of hydrogen-bond donors (Lipinski definition) is 4. The first-order valence-corrected chi connectivity index (χ1v) is 14.3. The van der Waals surface area contributed by atoms with Crippen LogP contribution in [0.4, 0.5) is 24.7 Å². The van der Waals surface area contributed by atoms with E-state index in [1.54, 1.807) is 0 Å². The summed E-state index contributed by atoms with van der Waals surface area (Å²) in [5, 5.41) is 14.2. The highest BCUT2D eigenvalue weighted by atomic mass is 35.5. The van der Waals surface area contributed by atoms with Crippen LogP contribution in [-0.4, -0.2) is 15.2 Å². The molecule has 0 unspecified atom stereocenters. The number of benzene rings is 2. The molecule has 0 saturated carbocycles. The summed E-state index contributed by atoms with van der Waals surface area (Å²) in [4.78, 5) is 5.40. The zero-order valence-electron chi connectivity index (χ0n) is 22.4. The minimum Gasteiger partial charge on any atom is -0.507 e. The minimum atomic E-state index is -4.44. The van der Waals surface area contributed by atoms with Gasteiger partial charge in [-0.3, -0.25) is 10.9 Å². The molecule has 0 radical (unpaired) electrons. The molecular formula is C27H28Cl3F3N4OS2. The van der Waals surface area contributed by atoms with E-state index in [2.05, 4.69) is 21.2 Å². The molecule has 2 aromatic carbocycles. The normalized spacial score (nSPS) is 12.3. The third kappa shape index (κ3) is 7.79. The van der Waals surface area contributed by atoms with Crippen LogP contribution in [0.25, 0.3) is 0 Å². The summed E-state index contributed by atoms with van der Waals surface area (Å²) in [6, 6.07) is 8.18. The fourth-order valence-corrected chi connectivity index (χ4v) is 5.58. The van der Waals surface area contributed by atoms with Gasteiger partial charge in [-0.2, -0.15) is 13.2 Å². The van der Waals surface area contributed by atoms with Crippen LogP contribution in [0.1, 0.15) is 58.2 Å². The maximum Gasteiger partial charge on any atom is 0.416 e. The Hall–Kier alpha value is -2.11. The Morgan fingerprint density at radius 1 is 0.900 bits per heavy atom. The molecule has 1 aromatic heterocycles. The van der Waals surface area contributed by atoms with Gasteiger partial charge in [-0.1, -0.05) is 88.1 Å². The molecule has 0 aliphatic rings. The van der Waals surface area contributed by atoms with E-state index in [9.17, 15) is 18.3 Å². The molecular weight excluding hydrogens is 624 g/mol. The van der Waals surface area contributed by atoms with Gasteiger partial charge in [0.1, 0.15) is 10.8 Å². The number of nitrogens with one attached hydrogen (secondary N) is 3. The Morgan fingerprint density at radius 3 is 1.90 bits per heavy atom. The highest BCUT2D eigenvalue weighted by Crippen LogP contribution is 2.47. The third-order valence-electron chi connectivity index (χ3n) is 5.68. The summed E-state index contributed by atoms with van der Waals surface area (Å²) in [5.41, 5.74) is 5.90. The molecule has 4 N–H and O–H groups in total. The first kappa shape index (κ1) is 32.4. The standard InChI is InChI=1S/C27H28Cl3F3N4OS2/c1-25(2,3)16-11-15(12-17(20(16)38)26(4,5)6)40-21-18(28)22(30)35-23(19(21)29)36-37-24(39)34-14-9-7-13(8-10-14)27(31,32)33/h7-12,38H,1-6H3,(H,35,36)(H2,34,37,39). The van der Waals surface area contributed by atoms with Crippen molar-refractivity contribution in [3.8, 4) is 5.75 Å². The van der Waals surface area contributed by atoms with Gasteiger partial charge >= 0.3 is 6.18 Å². The van der Waals surface area contributed by atoms with Gasteiger partial charge in [0.15, 0.2) is 16.1 Å². The summed E-state index contributed by atoms with van der Waals surface area (Å²) in [7, 11) is 0. The molecule has 3 rings (SSSR count). The van der Waals surface area contributed by atoms with Gasteiger partial charge in [-0.15, -0.1) is 0 Å². The van der Waals surface area contributed by atoms with Crippen molar-refractivity contribution in [1.82, 2.24) is 10.4 Å². The van der Waals surface area contributed by atoms with Crippen molar-refractivity contribution in [2.75, 3.05) is 10.7 Å². The first-order valence-electron chi connectivity index (χ1n) is 11.9. The van der Waals surface area contributed by atoms with E-state index in [1.165, 1.54) is 23.9 Å². The molecule has 0 aliphatic heterocycles. The lowest BCUT2D eigenvalue weighted by Gasteiger charge is -2.28. The molecule has 1 heterocycles. The van der Waals surface area contributed by atoms with Crippen molar-refractivity contribution in [3.05, 3.63) is 68.3 Å². The zero-order valence-corrected chi connectivity index (χ0v) is 26.3. The lowest BCUT2D eigenvalue weighted by molar-refractivity contribution is -0.137. The molecule has 40 heavy (non-hydrogen) atoms. The number of alkyl halides is 3. The average Bonchev–Trinajstić information content (AvgIpc) is 2.82. The molecule has 0 aliphatic carbocycles. The number of rotatable bonds is 5. The molecule has 5 nitrogen and oxygen atoms in total. The second kappa shape index (κ2) is 12.0. The van der Waals surface area contributed by atoms with Crippen molar-refractivity contribution in [1.29, 1.82) is 0 Å². The summed E-state index contributed by atoms with van der Waals surface area (Å²) < 4.78 is 38.4. The predicted octanol–water partition coefficient (Wildman–Crippen LogP) is 9.83. The van der Waals surface area contributed by atoms with Crippen molar-refractivity contribution in [2.24, 2.45) is 0 Å². The van der Waals surface area contributed by atoms with Gasteiger partial charge in [0.25, 0.3) is 0 Å². The van der Waals surface area contributed by atoms with E-state index in [0.29, 0.717) is 10.6 Å². The molecule has 13 heteroatoms. The van der Waals surface area contributed by atoms with Crippen LogP contribution in [0.5, 0.6) is 5.75 Å². The quantitative estimate of drug-likeness (QED) is 0.124. The molecule has 216 valence electrons. The average molecular weight is 652 g/mol. The Balaban J connectivity index is 1.87. The van der Waals surface area contributed by atoms with Crippen molar-refractivity contribution in [3.63, 3.8) is 0 Å². The summed E-state index contributed by atoms with van der Waals surface area (Å²) in [5.74, 6) is 0.371. The molecule has 0 amide bonds. The summed E-state index contributed by atoms with van der Waals surface area (Å²) in [6.45, 7) is 12.1. The van der Waals surface area contributed by atoms with Gasteiger partial charge in [0, 0.05) is 21.7 Å². The van der Waals surface area contributed by atoms with Crippen LogP contribution in [0, 0.1) is 0 Å². The van der Waals surface area contributed by atoms with E-state index >= 15 is 0 Å². The van der Waals surface area contributed by atoms with Gasteiger partial charge < -0.3 is 10.4 Å². The van der Waals surface area contributed by atoms with Crippen LogP contribution in [-0.2, 0) is 17.0 Å². The zero-order chi connectivity index (χ0) is 30.2. The number of phenolic OH excluding ortho intramolecular Hbond substituents is 1. The van der Waals surface area contributed by atoms with E-state index in [4.69, 9.17) is 47.0 Å². The van der Waals surface area contributed by atoms with Crippen LogP contribution in [0.3, 0.4) is 0 Å². The van der Waals surface area contributed by atoms with Crippen molar-refractivity contribution in [2.45, 2.75) is 68.3 Å². The smallest absolute Gasteiger partial charge is 0.416 e. The van der Waals surface area contributed by atoms with E-state index < -0.39 is 11.7 Å². The minimum absolute atomic E-state index is 0.00893. The maximum atomic E-state index is 12.8. The highest BCUT2D eigenvalue weighted by molar-refractivity contribution is 7.99. The highest BCUT2D eigenvalue weighted by Gasteiger charge is 2.30. The molecule has 3 aromatic rings. The van der Waals surface area contributed by atoms with Gasteiger partial charge in [-0.05, 0) is 59.4 Å². The Kier molecular flexibility index (Phi) is 9.73. The van der Waals surface area contributed by atoms with Gasteiger partial charge in [-0.25, -0.2) is 4.98 Å². The lowest BCUT2D eigenvalue weighted by atomic mass is 9.79. The number of anilines is 2. The van der Waals surface area contributed by atoms with E-state index in [0.717, 1.165) is 28.2 Å². The van der Waals surface area contributed by atoms with Gasteiger partial charge in [0.05, 0.1) is 15.5 Å². The SMILES string of the molecule is CC(C)(C)c1cc(Sc2c(Cl)c(Cl)nc(NNC(=S)Nc3ccc(C(F)(F)F)cc3)c2Cl)cc(C(C)(C)C)c1O. The van der Waals surface area contributed by atoms with E-state index in [-0.39, 0.29) is 42.7 Å². The monoisotopic (exact) mass is 650 g/mol. The van der Waals surface area contributed by atoms with Crippen molar-refractivity contribution < 1.29 is 18.3 Å². The number of phenols is 1. The molecule has 0 spiro atoms. The Labute approximate surface area is 256 Å². The topological polar surface area (TPSA) is 69.2 Å². The number of thiocarbonyl (C=S) groups is 1. The number of pyridine rings is 1. The molecule has 0 atom stereocenters. The number of aromatic nitrogens is 1. The summed E-state index contributed by atoms with van der Waals surface area (Å²) in [6.07, 6.45) is -4.44. The van der Waals surface area contributed by atoms with Crippen LogP contribution in [0.15, 0.2) is 46.2 Å². The fourth-order valence-electron chi connectivity index (χ4n) is 3.62. The number of hydrazine groups is 1. The second-order valence-corrected chi connectivity index (χ2v) is 13.6. The lowest BCUT2D eigenvalue weighted by Crippen LogP contribution is -2.33. The second-order valence-electron chi connectivity index (χ2n) is 11.0. The first-order chi connectivity index (χ1) is 18.3. The number of halogens is 6. The van der Waals surface area contributed by atoms with Gasteiger partial charge in [0.2, 0.25) is 0 Å². The summed E-state index contributed by atoms with van der Waals surface area (Å²) >= 11 is 26.0. The third-order valence-corrected chi connectivity index (χ3v) is 8.30. The number of aromatic hydroxyl groups is 1. The fraction of sp³-hybridized carbons (Fsp3) is 0.333. The largest absolute Gasteiger partial charge is 0.507 e. The Morgan fingerprint density at radius 2 is 1.43 bits per heavy atom. The van der Waals surface area contributed by atoms with Crippen LogP contribution >= 0.6 is 58.8 Å². The number of hydrogen-bond acceptors (Lipinski definition) is 5. The van der Waals surface area contributed by atoms with Crippen LogP contribution in [0.2, 0.25) is 15.2 Å². The molecule has 0 fully saturated rings.